The lowest BCUT2D eigenvalue weighted by atomic mass is 9.87. The van der Waals surface area contributed by atoms with Gasteiger partial charge in [0.1, 0.15) is 0 Å². The molecule has 0 heteroatoms. The van der Waals surface area contributed by atoms with E-state index in [1.807, 2.05) is 0 Å². The molecule has 0 bridgehead atoms. The molecule has 3 aromatic rings. The molecule has 0 spiro atoms. The molecule has 0 nitrogen and oxygen atoms in total. The summed E-state index contributed by atoms with van der Waals surface area (Å²) >= 11 is 0. The van der Waals surface area contributed by atoms with Crippen molar-refractivity contribution < 1.29 is 0 Å². The molecule has 0 heterocycles. The van der Waals surface area contributed by atoms with Crippen LogP contribution in [0.25, 0.3) is 21.9 Å². The van der Waals surface area contributed by atoms with Gasteiger partial charge in [-0.1, -0.05) is 106 Å². The quantitative estimate of drug-likeness (QED) is 0.413. The lowest BCUT2D eigenvalue weighted by molar-refractivity contribution is 0.564. The summed E-state index contributed by atoms with van der Waals surface area (Å²) in [5.74, 6) is 0. The van der Waals surface area contributed by atoms with E-state index >= 15 is 0 Å². The van der Waals surface area contributed by atoms with Crippen molar-refractivity contribution >= 4 is 10.8 Å². The summed E-state index contributed by atoms with van der Waals surface area (Å²) in [6, 6.07) is 22.6. The van der Waals surface area contributed by atoms with Gasteiger partial charge in [0.15, 0.2) is 0 Å². The van der Waals surface area contributed by atoms with E-state index in [4.69, 9.17) is 0 Å². The molecule has 0 N–H and O–H groups in total. The smallest absolute Gasteiger partial charge is 0.0102 e. The highest BCUT2D eigenvalue weighted by Gasteiger charge is 2.13. The number of benzene rings is 3. The summed E-state index contributed by atoms with van der Waals surface area (Å²) in [7, 11) is 0. The fourth-order valence-electron chi connectivity index (χ4n) is 4.72. The van der Waals surface area contributed by atoms with Crippen molar-refractivity contribution in [2.75, 3.05) is 0 Å². The first kappa shape index (κ1) is 18.3. The minimum atomic E-state index is 1.24. The van der Waals surface area contributed by atoms with Crippen LogP contribution >= 0.6 is 0 Å². The zero-order chi connectivity index (χ0) is 18.3. The minimum Gasteiger partial charge on any atom is -0.0622 e. The van der Waals surface area contributed by atoms with Gasteiger partial charge in [0.2, 0.25) is 0 Å². The highest BCUT2D eigenvalue weighted by Crippen LogP contribution is 2.35. The summed E-state index contributed by atoms with van der Waals surface area (Å²) in [6.45, 7) is 0. The van der Waals surface area contributed by atoms with Crippen molar-refractivity contribution in [2.24, 2.45) is 0 Å². The second-order valence-corrected chi connectivity index (χ2v) is 8.16. The zero-order valence-corrected chi connectivity index (χ0v) is 16.6. The average molecular weight is 357 g/mol. The van der Waals surface area contributed by atoms with Crippen LogP contribution in [0.2, 0.25) is 0 Å². The summed E-state index contributed by atoms with van der Waals surface area (Å²) in [6.07, 6.45) is 15.0. The van der Waals surface area contributed by atoms with Crippen LogP contribution in [0.15, 0.2) is 60.7 Å². The van der Waals surface area contributed by atoms with Crippen LogP contribution in [-0.4, -0.2) is 0 Å². The molecule has 0 radical (unpaired) electrons. The minimum absolute atomic E-state index is 1.24. The van der Waals surface area contributed by atoms with Gasteiger partial charge in [0.25, 0.3) is 0 Å². The van der Waals surface area contributed by atoms with E-state index in [0.717, 1.165) is 0 Å². The highest BCUT2D eigenvalue weighted by molar-refractivity contribution is 5.99. The van der Waals surface area contributed by atoms with Crippen molar-refractivity contribution in [2.45, 2.75) is 70.6 Å². The first-order valence-corrected chi connectivity index (χ1v) is 11.0. The molecule has 140 valence electrons. The number of fused-ring (bicyclic) bond motifs is 3. The molecule has 0 atom stereocenters. The maximum atomic E-state index is 2.52. The lowest BCUT2D eigenvalue weighted by Crippen LogP contribution is -1.99. The van der Waals surface area contributed by atoms with E-state index in [1.54, 1.807) is 11.1 Å². The van der Waals surface area contributed by atoms with Crippen LogP contribution in [0.4, 0.5) is 0 Å². The van der Waals surface area contributed by atoms with Gasteiger partial charge in [-0.15, -0.1) is 0 Å². The maximum Gasteiger partial charge on any atom is -0.0102 e. The first-order chi connectivity index (χ1) is 13.4. The lowest BCUT2D eigenvalue weighted by Gasteiger charge is -2.17. The van der Waals surface area contributed by atoms with Gasteiger partial charge in [0, 0.05) is 0 Å². The Kier molecular flexibility index (Phi) is 6.25. The van der Waals surface area contributed by atoms with Crippen LogP contribution in [0.5, 0.6) is 0 Å². The van der Waals surface area contributed by atoms with Gasteiger partial charge in [-0.25, -0.2) is 0 Å². The Bertz CT molecular complexity index is 860. The van der Waals surface area contributed by atoms with Gasteiger partial charge in [-0.05, 0) is 58.7 Å². The highest BCUT2D eigenvalue weighted by atomic mass is 14.2. The molecular weight excluding hydrogens is 324 g/mol. The Morgan fingerprint density at radius 1 is 0.481 bits per heavy atom. The summed E-state index contributed by atoms with van der Waals surface area (Å²) in [5, 5.41) is 2.91. The van der Waals surface area contributed by atoms with E-state index < -0.39 is 0 Å². The van der Waals surface area contributed by atoms with Crippen molar-refractivity contribution in [3.05, 3.63) is 71.8 Å². The van der Waals surface area contributed by atoms with Crippen LogP contribution in [-0.2, 0) is 12.8 Å². The maximum absolute atomic E-state index is 2.52. The number of hydrogen-bond donors (Lipinski definition) is 0. The Morgan fingerprint density at radius 3 is 1.74 bits per heavy atom. The molecule has 0 saturated carbocycles. The monoisotopic (exact) mass is 356 g/mol. The van der Waals surface area contributed by atoms with Crippen LogP contribution in [0, 0.1) is 0 Å². The Hall–Kier alpha value is -2.08. The standard InChI is InChI=1S/C27H32/c1-2-4-6-9-17-23-21-27(22-15-10-8-11-16-22)26-20-14-13-19-25(26)24(23)18-12-7-5-3-1/h8,10-11,13-16,19-21H,1-7,9,12,17-18H2. The van der Waals surface area contributed by atoms with E-state index in [-0.39, 0.29) is 0 Å². The van der Waals surface area contributed by atoms with Crippen molar-refractivity contribution in [1.29, 1.82) is 0 Å². The van der Waals surface area contributed by atoms with E-state index in [9.17, 15) is 0 Å². The average Bonchev–Trinajstić information content (AvgIpc) is 2.75. The zero-order valence-electron chi connectivity index (χ0n) is 16.6. The van der Waals surface area contributed by atoms with E-state index in [1.165, 1.54) is 92.5 Å². The largest absolute Gasteiger partial charge is 0.0622 e. The molecular formula is C27H32. The van der Waals surface area contributed by atoms with E-state index in [0.29, 0.717) is 0 Å². The third-order valence-corrected chi connectivity index (χ3v) is 6.21. The Balaban J connectivity index is 1.79. The van der Waals surface area contributed by atoms with Gasteiger partial charge in [0.05, 0.1) is 0 Å². The SMILES string of the molecule is c1ccc(-c2cc3c(c4ccccc24)CCCCCCCCCCC3)cc1. The fraction of sp³-hybridized carbons (Fsp3) is 0.407. The molecule has 27 heavy (non-hydrogen) atoms. The van der Waals surface area contributed by atoms with Gasteiger partial charge in [-0.2, -0.15) is 0 Å². The number of aryl methyl sites for hydroxylation is 2. The fourth-order valence-corrected chi connectivity index (χ4v) is 4.72. The molecule has 0 unspecified atom stereocenters. The number of rotatable bonds is 1. The second kappa shape index (κ2) is 9.22. The third kappa shape index (κ3) is 4.43. The summed E-state index contributed by atoms with van der Waals surface area (Å²) < 4.78 is 0. The van der Waals surface area contributed by atoms with E-state index in [2.05, 4.69) is 60.7 Å². The number of hydrogen-bond acceptors (Lipinski definition) is 0. The van der Waals surface area contributed by atoms with Crippen LogP contribution < -0.4 is 0 Å². The van der Waals surface area contributed by atoms with Gasteiger partial charge in [-0.3, -0.25) is 0 Å². The summed E-state index contributed by atoms with van der Waals surface area (Å²) in [5.41, 5.74) is 5.99. The molecule has 0 fully saturated rings. The molecule has 0 aromatic heterocycles. The van der Waals surface area contributed by atoms with Crippen molar-refractivity contribution in [3.8, 4) is 11.1 Å². The topological polar surface area (TPSA) is 0 Å². The van der Waals surface area contributed by atoms with Crippen molar-refractivity contribution in [1.82, 2.24) is 0 Å². The Labute approximate surface area is 164 Å². The summed E-state index contributed by atoms with van der Waals surface area (Å²) in [4.78, 5) is 0. The third-order valence-electron chi connectivity index (χ3n) is 6.21. The van der Waals surface area contributed by atoms with Crippen LogP contribution in [0.1, 0.15) is 68.9 Å². The molecule has 0 aliphatic heterocycles. The van der Waals surface area contributed by atoms with Crippen molar-refractivity contribution in [3.63, 3.8) is 0 Å². The normalized spacial score (nSPS) is 16.7. The molecule has 1 aliphatic rings. The predicted octanol–water partition coefficient (Wildman–Crippen LogP) is 8.12. The second-order valence-electron chi connectivity index (χ2n) is 8.16. The molecule has 0 saturated heterocycles. The molecule has 4 rings (SSSR count). The first-order valence-electron chi connectivity index (χ1n) is 11.0. The molecule has 3 aromatic carbocycles. The van der Waals surface area contributed by atoms with Crippen LogP contribution in [0.3, 0.4) is 0 Å². The van der Waals surface area contributed by atoms with Gasteiger partial charge < -0.3 is 0 Å². The predicted molar refractivity (Wildman–Crippen MR) is 118 cm³/mol. The molecule has 1 aliphatic carbocycles. The Morgan fingerprint density at radius 2 is 1.04 bits per heavy atom. The van der Waals surface area contributed by atoms with Gasteiger partial charge >= 0.3 is 0 Å². The molecule has 0 amide bonds.